The minimum absolute atomic E-state index is 0.126. The van der Waals surface area contributed by atoms with E-state index < -0.39 is 0 Å². The van der Waals surface area contributed by atoms with Gasteiger partial charge < -0.3 is 15.2 Å². The molecule has 3 rings (SSSR count). The van der Waals surface area contributed by atoms with Crippen molar-refractivity contribution in [2.24, 2.45) is 0 Å². The van der Waals surface area contributed by atoms with E-state index in [4.69, 9.17) is 4.74 Å². The van der Waals surface area contributed by atoms with Crippen LogP contribution in [0.2, 0.25) is 0 Å². The molecule has 4 heteroatoms. The number of pyridine rings is 1. The molecule has 1 fully saturated rings. The molecule has 2 aromatic rings. The number of aromatic nitrogens is 1. The second-order valence-corrected chi connectivity index (χ2v) is 6.07. The molecule has 0 saturated heterocycles. The first kappa shape index (κ1) is 14.3. The summed E-state index contributed by atoms with van der Waals surface area (Å²) in [6, 6.07) is 10.5. The van der Waals surface area contributed by atoms with Crippen molar-refractivity contribution in [2.45, 2.75) is 37.8 Å². The van der Waals surface area contributed by atoms with Gasteiger partial charge in [-0.15, -0.1) is 0 Å². The van der Waals surface area contributed by atoms with Gasteiger partial charge in [-0.25, -0.2) is 0 Å². The van der Waals surface area contributed by atoms with E-state index in [0.717, 1.165) is 23.1 Å². The molecule has 1 aliphatic carbocycles. The third kappa shape index (κ3) is 3.52. The second-order valence-electron chi connectivity index (χ2n) is 6.07. The lowest BCUT2D eigenvalue weighted by Crippen LogP contribution is -2.48. The number of rotatable bonds is 7. The zero-order valence-corrected chi connectivity index (χ0v) is 12.4. The van der Waals surface area contributed by atoms with E-state index in [-0.39, 0.29) is 12.1 Å². The summed E-state index contributed by atoms with van der Waals surface area (Å²) >= 11 is 0. The number of hydrogen-bond acceptors (Lipinski definition) is 4. The Bertz CT molecular complexity index is 607. The van der Waals surface area contributed by atoms with Crippen molar-refractivity contribution in [1.82, 2.24) is 10.3 Å². The fraction of sp³-hybridized carbons (Fsp3) is 0.471. The van der Waals surface area contributed by atoms with Crippen LogP contribution in [0, 0.1) is 0 Å². The van der Waals surface area contributed by atoms with Crippen molar-refractivity contribution < 1.29 is 9.84 Å². The first-order valence-corrected chi connectivity index (χ1v) is 7.55. The van der Waals surface area contributed by atoms with Gasteiger partial charge in [0.25, 0.3) is 0 Å². The Labute approximate surface area is 125 Å². The Morgan fingerprint density at radius 2 is 2.14 bits per heavy atom. The summed E-state index contributed by atoms with van der Waals surface area (Å²) in [6.45, 7) is 2.74. The standard InChI is InChI=1S/C17H22N2O2/c1-17(12-20,19-14-7-8-14)9-11-21-15-6-2-4-13-5-3-10-18-16(13)15/h2-6,10,14,19-20H,7-9,11-12H2,1H3. The van der Waals surface area contributed by atoms with Gasteiger partial charge in [0.2, 0.25) is 0 Å². The molecule has 0 spiro atoms. The molecular weight excluding hydrogens is 264 g/mol. The summed E-state index contributed by atoms with van der Waals surface area (Å²) in [7, 11) is 0. The smallest absolute Gasteiger partial charge is 0.145 e. The minimum Gasteiger partial charge on any atom is -0.491 e. The Kier molecular flexibility index (Phi) is 4.08. The summed E-state index contributed by atoms with van der Waals surface area (Å²) in [5.74, 6) is 0.805. The summed E-state index contributed by atoms with van der Waals surface area (Å²) in [4.78, 5) is 4.38. The highest BCUT2D eigenvalue weighted by molar-refractivity contribution is 5.84. The van der Waals surface area contributed by atoms with Crippen molar-refractivity contribution >= 4 is 10.9 Å². The molecule has 0 aliphatic heterocycles. The monoisotopic (exact) mass is 286 g/mol. The molecule has 4 nitrogen and oxygen atoms in total. The van der Waals surface area contributed by atoms with E-state index >= 15 is 0 Å². The van der Waals surface area contributed by atoms with Crippen LogP contribution in [0.15, 0.2) is 36.5 Å². The number of nitrogens with one attached hydrogen (secondary N) is 1. The molecule has 1 aromatic heterocycles. The van der Waals surface area contributed by atoms with Crippen LogP contribution >= 0.6 is 0 Å². The lowest BCUT2D eigenvalue weighted by Gasteiger charge is -2.29. The fourth-order valence-corrected chi connectivity index (χ4v) is 2.50. The highest BCUT2D eigenvalue weighted by Crippen LogP contribution is 2.26. The highest BCUT2D eigenvalue weighted by atomic mass is 16.5. The van der Waals surface area contributed by atoms with Crippen LogP contribution < -0.4 is 10.1 Å². The normalized spacial score (nSPS) is 17.6. The number of nitrogens with zero attached hydrogens (tertiary/aromatic N) is 1. The van der Waals surface area contributed by atoms with Crippen molar-refractivity contribution in [3.8, 4) is 5.75 Å². The Balaban J connectivity index is 1.63. The maximum absolute atomic E-state index is 9.60. The van der Waals surface area contributed by atoms with Crippen molar-refractivity contribution in [3.05, 3.63) is 36.5 Å². The topological polar surface area (TPSA) is 54.4 Å². The van der Waals surface area contributed by atoms with E-state index in [9.17, 15) is 5.11 Å². The van der Waals surface area contributed by atoms with Crippen LogP contribution in [0.3, 0.4) is 0 Å². The molecule has 1 aromatic carbocycles. The van der Waals surface area contributed by atoms with Gasteiger partial charge in [-0.1, -0.05) is 18.2 Å². The largest absolute Gasteiger partial charge is 0.491 e. The number of ether oxygens (including phenoxy) is 1. The van der Waals surface area contributed by atoms with Gasteiger partial charge in [0.1, 0.15) is 11.3 Å². The van der Waals surface area contributed by atoms with Crippen LogP contribution in [0.25, 0.3) is 10.9 Å². The van der Waals surface area contributed by atoms with Gasteiger partial charge in [-0.3, -0.25) is 4.98 Å². The first-order chi connectivity index (χ1) is 10.2. The summed E-state index contributed by atoms with van der Waals surface area (Å²) in [6.07, 6.45) is 4.97. The number of aliphatic hydroxyl groups is 1. The van der Waals surface area contributed by atoms with Crippen LogP contribution in [0.5, 0.6) is 5.75 Å². The summed E-state index contributed by atoms with van der Waals surface area (Å²) in [5.41, 5.74) is 0.625. The van der Waals surface area contributed by atoms with Gasteiger partial charge in [0, 0.05) is 29.6 Å². The summed E-state index contributed by atoms with van der Waals surface area (Å²) in [5, 5.41) is 14.2. The predicted octanol–water partition coefficient (Wildman–Crippen LogP) is 2.51. The maximum atomic E-state index is 9.60. The van der Waals surface area contributed by atoms with Gasteiger partial charge in [0.15, 0.2) is 0 Å². The number of benzene rings is 1. The average molecular weight is 286 g/mol. The maximum Gasteiger partial charge on any atom is 0.145 e. The minimum atomic E-state index is -0.265. The molecule has 1 atom stereocenters. The van der Waals surface area contributed by atoms with Crippen LogP contribution in [0.4, 0.5) is 0 Å². The molecule has 0 amide bonds. The zero-order chi connectivity index (χ0) is 14.7. The third-order valence-electron chi connectivity index (χ3n) is 3.99. The SMILES string of the molecule is CC(CO)(CCOc1cccc2cccnc12)NC1CC1. The molecule has 1 aliphatic rings. The molecule has 1 heterocycles. The van der Waals surface area contributed by atoms with Crippen molar-refractivity contribution in [1.29, 1.82) is 0 Å². The third-order valence-corrected chi connectivity index (χ3v) is 3.99. The number of aliphatic hydroxyl groups excluding tert-OH is 1. The van der Waals surface area contributed by atoms with Crippen molar-refractivity contribution in [3.63, 3.8) is 0 Å². The molecule has 112 valence electrons. The first-order valence-electron chi connectivity index (χ1n) is 7.55. The molecular formula is C17H22N2O2. The number of fused-ring (bicyclic) bond motifs is 1. The van der Waals surface area contributed by atoms with Crippen molar-refractivity contribution in [2.75, 3.05) is 13.2 Å². The fourth-order valence-electron chi connectivity index (χ4n) is 2.50. The summed E-state index contributed by atoms with van der Waals surface area (Å²) < 4.78 is 5.91. The van der Waals surface area contributed by atoms with E-state index in [2.05, 4.69) is 17.2 Å². The number of hydrogen-bond donors (Lipinski definition) is 2. The lowest BCUT2D eigenvalue weighted by atomic mass is 9.99. The molecule has 0 bridgehead atoms. The van der Waals surface area contributed by atoms with Crippen LogP contribution in [-0.4, -0.2) is 34.9 Å². The highest BCUT2D eigenvalue weighted by Gasteiger charge is 2.31. The van der Waals surface area contributed by atoms with Gasteiger partial charge in [-0.05, 0) is 31.9 Å². The van der Waals surface area contributed by atoms with E-state index in [0.29, 0.717) is 12.6 Å². The average Bonchev–Trinajstić information content (AvgIpc) is 3.31. The predicted molar refractivity (Wildman–Crippen MR) is 83.5 cm³/mol. The molecule has 1 saturated carbocycles. The number of para-hydroxylation sites is 1. The molecule has 1 unspecified atom stereocenters. The zero-order valence-electron chi connectivity index (χ0n) is 12.4. The van der Waals surface area contributed by atoms with E-state index in [1.807, 2.05) is 30.3 Å². The van der Waals surface area contributed by atoms with Crippen LogP contribution in [0.1, 0.15) is 26.2 Å². The Morgan fingerprint density at radius 3 is 2.90 bits per heavy atom. The quantitative estimate of drug-likeness (QED) is 0.821. The lowest BCUT2D eigenvalue weighted by molar-refractivity contribution is 0.143. The van der Waals surface area contributed by atoms with Crippen LogP contribution in [-0.2, 0) is 0 Å². The Hall–Kier alpha value is -1.65. The molecule has 21 heavy (non-hydrogen) atoms. The van der Waals surface area contributed by atoms with E-state index in [1.54, 1.807) is 6.20 Å². The molecule has 0 radical (unpaired) electrons. The second kappa shape index (κ2) is 6.00. The van der Waals surface area contributed by atoms with Gasteiger partial charge in [0.05, 0.1) is 13.2 Å². The van der Waals surface area contributed by atoms with Gasteiger partial charge >= 0.3 is 0 Å². The Morgan fingerprint density at radius 1 is 1.33 bits per heavy atom. The van der Waals surface area contributed by atoms with E-state index in [1.165, 1.54) is 12.8 Å². The van der Waals surface area contributed by atoms with Gasteiger partial charge in [-0.2, -0.15) is 0 Å². The molecule has 2 N–H and O–H groups in total.